The molecule has 0 aliphatic carbocycles. The Bertz CT molecular complexity index is 994. The molecule has 0 amide bonds. The highest BCUT2D eigenvalue weighted by Gasteiger charge is 2.19. The molecule has 3 aromatic rings. The molecule has 7 nitrogen and oxygen atoms in total. The van der Waals surface area contributed by atoms with E-state index in [1.54, 1.807) is 0 Å². The zero-order chi connectivity index (χ0) is 18.0. The summed E-state index contributed by atoms with van der Waals surface area (Å²) >= 11 is 0. The molecule has 0 bridgehead atoms. The highest BCUT2D eigenvalue weighted by atomic mass is 32.2. The Morgan fingerprint density at radius 1 is 1.32 bits per heavy atom. The van der Waals surface area contributed by atoms with E-state index >= 15 is 0 Å². The Morgan fingerprint density at radius 2 is 2.08 bits per heavy atom. The molecule has 0 atom stereocenters. The van der Waals surface area contributed by atoms with Gasteiger partial charge in [0.25, 0.3) is 10.0 Å². The standard InChI is InChI=1S/C16H17FN4O3S/c1-3-16-19-11(2)14(24-16)10-21-9-12(8-18-21)20-25(22,23)15-7-5-4-6-13(15)17/h4-9,20H,3,10H2,1-2H3. The van der Waals surface area contributed by atoms with Crippen molar-refractivity contribution in [3.05, 3.63) is 59.8 Å². The molecule has 3 rings (SSSR count). The van der Waals surface area contributed by atoms with Crippen molar-refractivity contribution in [2.75, 3.05) is 4.72 Å². The van der Waals surface area contributed by atoms with Gasteiger partial charge in [-0.1, -0.05) is 19.1 Å². The molecule has 132 valence electrons. The molecule has 1 N–H and O–H groups in total. The summed E-state index contributed by atoms with van der Waals surface area (Å²) in [6.45, 7) is 4.10. The molecule has 0 aliphatic rings. The lowest BCUT2D eigenvalue weighted by molar-refractivity contribution is 0.439. The number of rotatable bonds is 6. The van der Waals surface area contributed by atoms with Crippen LogP contribution in [0.1, 0.15) is 24.3 Å². The van der Waals surface area contributed by atoms with Crippen LogP contribution in [0.5, 0.6) is 0 Å². The molecular weight excluding hydrogens is 347 g/mol. The van der Waals surface area contributed by atoms with E-state index in [1.165, 1.54) is 35.3 Å². The summed E-state index contributed by atoms with van der Waals surface area (Å²) in [4.78, 5) is 3.86. The van der Waals surface area contributed by atoms with E-state index in [-0.39, 0.29) is 5.69 Å². The molecule has 0 spiro atoms. The third-order valence-electron chi connectivity index (χ3n) is 3.56. The second-order valence-electron chi connectivity index (χ2n) is 5.43. The van der Waals surface area contributed by atoms with E-state index in [9.17, 15) is 12.8 Å². The fourth-order valence-corrected chi connectivity index (χ4v) is 3.42. The second-order valence-corrected chi connectivity index (χ2v) is 7.08. The number of sulfonamides is 1. The number of benzene rings is 1. The monoisotopic (exact) mass is 364 g/mol. The minimum atomic E-state index is -4.03. The molecule has 9 heteroatoms. The number of aryl methyl sites for hydroxylation is 2. The predicted molar refractivity (Wildman–Crippen MR) is 89.2 cm³/mol. The molecule has 0 unspecified atom stereocenters. The highest BCUT2D eigenvalue weighted by molar-refractivity contribution is 7.92. The van der Waals surface area contributed by atoms with Crippen LogP contribution in [0.2, 0.25) is 0 Å². The van der Waals surface area contributed by atoms with Crippen molar-refractivity contribution >= 4 is 15.7 Å². The topological polar surface area (TPSA) is 90.0 Å². The lowest BCUT2D eigenvalue weighted by Gasteiger charge is -2.06. The first-order valence-electron chi connectivity index (χ1n) is 7.64. The third-order valence-corrected chi connectivity index (χ3v) is 4.97. The van der Waals surface area contributed by atoms with Gasteiger partial charge in [-0.05, 0) is 19.1 Å². The van der Waals surface area contributed by atoms with Crippen molar-refractivity contribution < 1.29 is 17.2 Å². The summed E-state index contributed by atoms with van der Waals surface area (Å²) in [6.07, 6.45) is 3.55. The van der Waals surface area contributed by atoms with Crippen LogP contribution in [-0.2, 0) is 23.0 Å². The molecule has 0 aliphatic heterocycles. The number of nitrogens with one attached hydrogen (secondary N) is 1. The van der Waals surface area contributed by atoms with Crippen LogP contribution < -0.4 is 4.72 Å². The smallest absolute Gasteiger partial charge is 0.264 e. The number of halogens is 1. The SMILES string of the molecule is CCc1nc(C)c(Cn2cc(NS(=O)(=O)c3ccccc3F)cn2)o1. The number of hydrogen-bond donors (Lipinski definition) is 1. The van der Waals surface area contributed by atoms with Crippen LogP contribution in [-0.4, -0.2) is 23.2 Å². The second kappa shape index (κ2) is 6.67. The maximum absolute atomic E-state index is 13.7. The lowest BCUT2D eigenvalue weighted by atomic mass is 10.4. The average Bonchev–Trinajstić information content (AvgIpc) is 3.14. The van der Waals surface area contributed by atoms with Crippen molar-refractivity contribution in [2.24, 2.45) is 0 Å². The number of anilines is 1. The van der Waals surface area contributed by atoms with Crippen LogP contribution in [0, 0.1) is 12.7 Å². The van der Waals surface area contributed by atoms with Gasteiger partial charge in [0.05, 0.1) is 17.6 Å². The molecule has 2 aromatic heterocycles. The van der Waals surface area contributed by atoms with Gasteiger partial charge in [-0.3, -0.25) is 9.40 Å². The normalized spacial score (nSPS) is 11.6. The van der Waals surface area contributed by atoms with Crippen molar-refractivity contribution in [1.29, 1.82) is 0 Å². The molecule has 2 heterocycles. The van der Waals surface area contributed by atoms with Crippen molar-refractivity contribution in [1.82, 2.24) is 14.8 Å². The Kier molecular flexibility index (Phi) is 4.58. The zero-order valence-electron chi connectivity index (χ0n) is 13.7. The summed E-state index contributed by atoms with van der Waals surface area (Å²) in [5.74, 6) is 0.482. The van der Waals surface area contributed by atoms with E-state index in [1.807, 2.05) is 13.8 Å². The van der Waals surface area contributed by atoms with E-state index in [0.717, 1.165) is 11.8 Å². The van der Waals surface area contributed by atoms with Crippen molar-refractivity contribution in [3.8, 4) is 0 Å². The summed E-state index contributed by atoms with van der Waals surface area (Å²) in [5, 5.41) is 4.10. The van der Waals surface area contributed by atoms with Crippen LogP contribution in [0.3, 0.4) is 0 Å². The van der Waals surface area contributed by atoms with E-state index < -0.39 is 20.7 Å². The molecule has 25 heavy (non-hydrogen) atoms. The third kappa shape index (κ3) is 3.71. The van der Waals surface area contributed by atoms with E-state index in [4.69, 9.17) is 4.42 Å². The molecule has 1 aromatic carbocycles. The molecule has 0 radical (unpaired) electrons. The number of nitrogens with zero attached hydrogens (tertiary/aromatic N) is 3. The van der Waals surface area contributed by atoms with Gasteiger partial charge in [-0.25, -0.2) is 17.8 Å². The van der Waals surface area contributed by atoms with Gasteiger partial charge in [0.1, 0.15) is 23.0 Å². The van der Waals surface area contributed by atoms with Gasteiger partial charge in [0.2, 0.25) is 0 Å². The Labute approximate surface area is 144 Å². The van der Waals surface area contributed by atoms with Crippen molar-refractivity contribution in [3.63, 3.8) is 0 Å². The predicted octanol–water partition coefficient (Wildman–Crippen LogP) is 2.73. The Hall–Kier alpha value is -2.68. The van der Waals surface area contributed by atoms with Crippen LogP contribution in [0.4, 0.5) is 10.1 Å². The maximum Gasteiger partial charge on any atom is 0.264 e. The average molecular weight is 364 g/mol. The fraction of sp³-hybridized carbons (Fsp3) is 0.250. The first kappa shape index (κ1) is 17.2. The molecular formula is C16H17FN4O3S. The first-order valence-corrected chi connectivity index (χ1v) is 9.12. The largest absolute Gasteiger partial charge is 0.443 e. The van der Waals surface area contributed by atoms with Crippen LogP contribution in [0.15, 0.2) is 46.0 Å². The maximum atomic E-state index is 13.7. The van der Waals surface area contributed by atoms with Crippen LogP contribution in [0.25, 0.3) is 0 Å². The number of aromatic nitrogens is 3. The van der Waals surface area contributed by atoms with Crippen LogP contribution >= 0.6 is 0 Å². The Morgan fingerprint density at radius 3 is 2.76 bits per heavy atom. The van der Waals surface area contributed by atoms with E-state index in [2.05, 4.69) is 14.8 Å². The van der Waals surface area contributed by atoms with Gasteiger partial charge < -0.3 is 4.42 Å². The van der Waals surface area contributed by atoms with Gasteiger partial charge in [0.15, 0.2) is 5.89 Å². The molecule has 0 saturated heterocycles. The lowest BCUT2D eigenvalue weighted by Crippen LogP contribution is -2.14. The summed E-state index contributed by atoms with van der Waals surface area (Å²) in [6, 6.07) is 5.18. The summed E-state index contributed by atoms with van der Waals surface area (Å²) in [7, 11) is -4.03. The first-order chi connectivity index (χ1) is 11.9. The van der Waals surface area contributed by atoms with Gasteiger partial charge in [-0.2, -0.15) is 5.10 Å². The summed E-state index contributed by atoms with van der Waals surface area (Å²) in [5.41, 5.74) is 0.997. The summed E-state index contributed by atoms with van der Waals surface area (Å²) < 4.78 is 47.7. The highest BCUT2D eigenvalue weighted by Crippen LogP contribution is 2.19. The molecule has 0 saturated carbocycles. The van der Waals surface area contributed by atoms with E-state index in [0.29, 0.717) is 24.6 Å². The van der Waals surface area contributed by atoms with Gasteiger partial charge >= 0.3 is 0 Å². The van der Waals surface area contributed by atoms with Crippen molar-refractivity contribution in [2.45, 2.75) is 31.7 Å². The number of hydrogen-bond acceptors (Lipinski definition) is 5. The minimum absolute atomic E-state index is 0.233. The zero-order valence-corrected chi connectivity index (χ0v) is 14.5. The quantitative estimate of drug-likeness (QED) is 0.726. The number of oxazole rings is 1. The Balaban J connectivity index is 1.77. The minimum Gasteiger partial charge on any atom is -0.443 e. The van der Waals surface area contributed by atoms with Gasteiger partial charge in [0, 0.05) is 12.6 Å². The molecule has 0 fully saturated rings. The van der Waals surface area contributed by atoms with Gasteiger partial charge in [-0.15, -0.1) is 0 Å². The fourth-order valence-electron chi connectivity index (χ4n) is 2.31.